The lowest BCUT2D eigenvalue weighted by Crippen LogP contribution is -2.01. The molecule has 1 heterocycles. The number of para-hydroxylation sites is 1. The Hall–Kier alpha value is -2.17. The second-order valence-electron chi connectivity index (χ2n) is 3.13. The van der Waals surface area contributed by atoms with E-state index in [9.17, 15) is 14.9 Å². The predicted molar refractivity (Wildman–Crippen MR) is 53.9 cm³/mol. The van der Waals surface area contributed by atoms with E-state index in [0.29, 0.717) is 5.76 Å². The Morgan fingerprint density at radius 2 is 2.13 bits per heavy atom. The SMILES string of the molecule is Cc1cc(=O)c2cccc([N+](=O)[O-])c2o1. The Bertz CT molecular complexity index is 600. The maximum Gasteiger partial charge on any atom is 0.312 e. The molecule has 0 unspecified atom stereocenters. The first-order valence-electron chi connectivity index (χ1n) is 4.27. The first-order chi connectivity index (χ1) is 7.09. The molecule has 76 valence electrons. The molecule has 15 heavy (non-hydrogen) atoms. The number of fused-ring (bicyclic) bond motifs is 1. The van der Waals surface area contributed by atoms with Gasteiger partial charge in [0, 0.05) is 12.1 Å². The van der Waals surface area contributed by atoms with E-state index in [1.165, 1.54) is 24.3 Å². The van der Waals surface area contributed by atoms with Crippen molar-refractivity contribution in [3.05, 3.63) is 50.4 Å². The number of nitrogens with zero attached hydrogens (tertiary/aromatic N) is 1. The standard InChI is InChI=1S/C10H7NO4/c1-6-5-9(12)7-3-2-4-8(11(13)14)10(7)15-6/h2-5H,1H3. The lowest BCUT2D eigenvalue weighted by atomic mass is 10.2. The molecule has 0 N–H and O–H groups in total. The van der Waals surface area contributed by atoms with Crippen LogP contribution in [0.2, 0.25) is 0 Å². The van der Waals surface area contributed by atoms with Gasteiger partial charge in [-0.2, -0.15) is 0 Å². The van der Waals surface area contributed by atoms with Crippen LogP contribution in [0, 0.1) is 17.0 Å². The molecule has 0 saturated heterocycles. The molecule has 0 spiro atoms. The van der Waals surface area contributed by atoms with Gasteiger partial charge in [-0.1, -0.05) is 6.07 Å². The normalized spacial score (nSPS) is 10.5. The highest BCUT2D eigenvalue weighted by atomic mass is 16.6. The number of aryl methyl sites for hydroxylation is 1. The van der Waals surface area contributed by atoms with Crippen LogP contribution in [-0.2, 0) is 0 Å². The van der Waals surface area contributed by atoms with Crippen LogP contribution in [0.3, 0.4) is 0 Å². The molecule has 5 nitrogen and oxygen atoms in total. The summed E-state index contributed by atoms with van der Waals surface area (Å²) in [6.07, 6.45) is 0. The van der Waals surface area contributed by atoms with Crippen LogP contribution in [0.25, 0.3) is 11.0 Å². The van der Waals surface area contributed by atoms with Crippen LogP contribution in [0.1, 0.15) is 5.76 Å². The van der Waals surface area contributed by atoms with Gasteiger partial charge in [0.15, 0.2) is 5.43 Å². The minimum absolute atomic E-state index is 0.0347. The van der Waals surface area contributed by atoms with Crippen molar-refractivity contribution < 1.29 is 9.34 Å². The zero-order valence-electron chi connectivity index (χ0n) is 7.89. The van der Waals surface area contributed by atoms with Gasteiger partial charge in [0.2, 0.25) is 5.58 Å². The van der Waals surface area contributed by atoms with Gasteiger partial charge in [-0.25, -0.2) is 0 Å². The Kier molecular flexibility index (Phi) is 2.00. The monoisotopic (exact) mass is 205 g/mol. The molecule has 0 atom stereocenters. The third-order valence-corrected chi connectivity index (χ3v) is 2.05. The number of hydrogen-bond acceptors (Lipinski definition) is 4. The highest BCUT2D eigenvalue weighted by molar-refractivity contribution is 5.84. The topological polar surface area (TPSA) is 73.3 Å². The molecule has 0 aliphatic carbocycles. The van der Waals surface area contributed by atoms with Crippen LogP contribution in [-0.4, -0.2) is 4.92 Å². The molecule has 2 rings (SSSR count). The van der Waals surface area contributed by atoms with E-state index in [4.69, 9.17) is 4.42 Å². The quantitative estimate of drug-likeness (QED) is 0.527. The second kappa shape index (κ2) is 3.20. The van der Waals surface area contributed by atoms with E-state index < -0.39 is 4.92 Å². The summed E-state index contributed by atoms with van der Waals surface area (Å²) < 4.78 is 5.19. The van der Waals surface area contributed by atoms with Crippen LogP contribution in [0.4, 0.5) is 5.69 Å². The first kappa shape index (κ1) is 9.39. The summed E-state index contributed by atoms with van der Waals surface area (Å²) in [6, 6.07) is 5.59. The highest BCUT2D eigenvalue weighted by Crippen LogP contribution is 2.23. The van der Waals surface area contributed by atoms with Gasteiger partial charge in [-0.05, 0) is 13.0 Å². The summed E-state index contributed by atoms with van der Waals surface area (Å²) in [5.74, 6) is 0.363. The van der Waals surface area contributed by atoms with Gasteiger partial charge in [-0.15, -0.1) is 0 Å². The molecule has 0 radical (unpaired) electrons. The van der Waals surface area contributed by atoms with Crippen molar-refractivity contribution in [1.82, 2.24) is 0 Å². The third-order valence-electron chi connectivity index (χ3n) is 2.05. The average molecular weight is 205 g/mol. The number of hydrogen-bond donors (Lipinski definition) is 0. The summed E-state index contributed by atoms with van der Waals surface area (Å²) in [4.78, 5) is 21.6. The van der Waals surface area contributed by atoms with E-state index in [1.807, 2.05) is 0 Å². The van der Waals surface area contributed by atoms with Gasteiger partial charge < -0.3 is 4.42 Å². The van der Waals surface area contributed by atoms with Gasteiger partial charge >= 0.3 is 5.69 Å². The maximum atomic E-state index is 11.5. The van der Waals surface area contributed by atoms with E-state index in [-0.39, 0.29) is 22.1 Å². The summed E-state index contributed by atoms with van der Waals surface area (Å²) in [6.45, 7) is 1.58. The summed E-state index contributed by atoms with van der Waals surface area (Å²) in [5, 5.41) is 10.9. The number of benzene rings is 1. The molecule has 0 bridgehead atoms. The van der Waals surface area contributed by atoms with E-state index in [2.05, 4.69) is 0 Å². The number of non-ortho nitro benzene ring substituents is 1. The fraction of sp³-hybridized carbons (Fsp3) is 0.100. The lowest BCUT2D eigenvalue weighted by Gasteiger charge is -1.98. The number of nitro benzene ring substituents is 1. The largest absolute Gasteiger partial charge is 0.454 e. The van der Waals surface area contributed by atoms with Gasteiger partial charge in [0.1, 0.15) is 5.76 Å². The molecule has 2 aromatic rings. The summed E-state index contributed by atoms with van der Waals surface area (Å²) in [7, 11) is 0. The van der Waals surface area contributed by atoms with Crippen LogP contribution in [0.5, 0.6) is 0 Å². The van der Waals surface area contributed by atoms with Crippen molar-refractivity contribution in [2.24, 2.45) is 0 Å². The highest BCUT2D eigenvalue weighted by Gasteiger charge is 2.15. The van der Waals surface area contributed by atoms with E-state index >= 15 is 0 Å². The molecule has 5 heteroatoms. The lowest BCUT2D eigenvalue weighted by molar-refractivity contribution is -0.383. The van der Waals surface area contributed by atoms with Gasteiger partial charge in [0.05, 0.1) is 10.3 Å². The first-order valence-corrected chi connectivity index (χ1v) is 4.27. The smallest absolute Gasteiger partial charge is 0.312 e. The molecule has 0 aliphatic rings. The molecule has 0 aliphatic heterocycles. The zero-order chi connectivity index (χ0) is 11.0. The fourth-order valence-corrected chi connectivity index (χ4v) is 1.42. The third kappa shape index (κ3) is 1.48. The van der Waals surface area contributed by atoms with Crippen molar-refractivity contribution >= 4 is 16.7 Å². The van der Waals surface area contributed by atoms with Crippen molar-refractivity contribution in [3.8, 4) is 0 Å². The molecular formula is C10H7NO4. The fourth-order valence-electron chi connectivity index (χ4n) is 1.42. The molecule has 0 fully saturated rings. The average Bonchev–Trinajstić information content (AvgIpc) is 2.16. The van der Waals surface area contributed by atoms with Crippen molar-refractivity contribution in [2.75, 3.05) is 0 Å². The zero-order valence-corrected chi connectivity index (χ0v) is 7.89. The predicted octanol–water partition coefficient (Wildman–Crippen LogP) is 2.01. The molecule has 0 saturated carbocycles. The number of rotatable bonds is 1. The van der Waals surface area contributed by atoms with Crippen molar-refractivity contribution in [1.29, 1.82) is 0 Å². The van der Waals surface area contributed by atoms with Crippen LogP contribution in [0.15, 0.2) is 33.5 Å². The van der Waals surface area contributed by atoms with E-state index in [0.717, 1.165) is 0 Å². The molecular weight excluding hydrogens is 198 g/mol. The Morgan fingerprint density at radius 3 is 2.80 bits per heavy atom. The summed E-state index contributed by atoms with van der Waals surface area (Å²) >= 11 is 0. The van der Waals surface area contributed by atoms with E-state index in [1.54, 1.807) is 6.92 Å². The summed E-state index contributed by atoms with van der Waals surface area (Å²) in [5.41, 5.74) is -0.418. The molecule has 0 amide bonds. The molecule has 1 aromatic carbocycles. The number of nitro groups is 1. The molecule has 1 aromatic heterocycles. The van der Waals surface area contributed by atoms with Gasteiger partial charge in [0.25, 0.3) is 0 Å². The van der Waals surface area contributed by atoms with Crippen LogP contribution < -0.4 is 5.43 Å². The Morgan fingerprint density at radius 1 is 1.40 bits per heavy atom. The van der Waals surface area contributed by atoms with Crippen molar-refractivity contribution in [3.63, 3.8) is 0 Å². The van der Waals surface area contributed by atoms with Crippen LogP contribution >= 0.6 is 0 Å². The second-order valence-corrected chi connectivity index (χ2v) is 3.13. The van der Waals surface area contributed by atoms with Gasteiger partial charge in [-0.3, -0.25) is 14.9 Å². The minimum Gasteiger partial charge on any atom is -0.454 e. The van der Waals surface area contributed by atoms with Crippen molar-refractivity contribution in [2.45, 2.75) is 6.92 Å². The maximum absolute atomic E-state index is 11.5. The minimum atomic E-state index is -0.565. The Balaban J connectivity index is 2.97. The Labute approximate surface area is 84.1 Å².